The molecule has 0 aliphatic carbocycles. The number of aliphatic imine (C=N–C) groups is 1. The molecule has 24 heteroatoms. The highest BCUT2D eigenvalue weighted by Crippen LogP contribution is 2.20. The van der Waals surface area contributed by atoms with E-state index in [1.165, 1.54) is 19.4 Å². The van der Waals surface area contributed by atoms with E-state index >= 15 is 4.39 Å². The lowest BCUT2D eigenvalue weighted by atomic mass is 10.0. The van der Waals surface area contributed by atoms with Crippen molar-refractivity contribution >= 4 is 64.2 Å². The third kappa shape index (κ3) is 20.0. The van der Waals surface area contributed by atoms with Crippen molar-refractivity contribution in [1.82, 2.24) is 52.2 Å². The van der Waals surface area contributed by atoms with E-state index in [0.717, 1.165) is 10.9 Å². The lowest BCUT2D eigenvalue weighted by molar-refractivity contribution is -0.138. The van der Waals surface area contributed by atoms with Crippen LogP contribution in [0.1, 0.15) is 82.0 Å². The molecule has 0 saturated heterocycles. The number of nitrogens with zero attached hydrogens (tertiary/aromatic N) is 2. The van der Waals surface area contributed by atoms with Gasteiger partial charge in [0.1, 0.15) is 42.4 Å². The number of benzene rings is 2. The summed E-state index contributed by atoms with van der Waals surface area (Å²) in [5.41, 5.74) is 19.0. The van der Waals surface area contributed by atoms with Crippen molar-refractivity contribution in [3.05, 3.63) is 90.1 Å². The smallest absolute Gasteiger partial charge is 0.303 e. The Hall–Kier alpha value is -7.89. The van der Waals surface area contributed by atoms with Gasteiger partial charge < -0.3 is 69.5 Å². The number of amides is 7. The van der Waals surface area contributed by atoms with Gasteiger partial charge in [-0.2, -0.15) is 0 Å². The minimum atomic E-state index is -1.90. The van der Waals surface area contributed by atoms with Crippen LogP contribution in [0, 0.1) is 0 Å². The van der Waals surface area contributed by atoms with E-state index in [9.17, 15) is 43.5 Å². The fourth-order valence-corrected chi connectivity index (χ4v) is 7.81. The minimum absolute atomic E-state index is 0.00207. The van der Waals surface area contributed by atoms with Crippen molar-refractivity contribution < 1.29 is 47.9 Å². The van der Waals surface area contributed by atoms with Crippen LogP contribution in [-0.2, 0) is 57.6 Å². The number of carbonyl (C=O) groups excluding carboxylic acids is 7. The molecule has 16 N–H and O–H groups in total. The zero-order valence-corrected chi connectivity index (χ0v) is 41.1. The number of hydrogen-bond donors (Lipinski definition) is 13. The maximum atomic E-state index is 15.8. The average Bonchev–Trinajstić information content (AvgIpc) is 4.04. The Morgan fingerprint density at radius 3 is 1.90 bits per heavy atom. The van der Waals surface area contributed by atoms with Gasteiger partial charge in [0.25, 0.3) is 0 Å². The van der Waals surface area contributed by atoms with Gasteiger partial charge in [0, 0.05) is 74.6 Å². The Morgan fingerprint density at radius 1 is 0.699 bits per heavy atom. The highest BCUT2D eigenvalue weighted by Gasteiger charge is 2.35. The molecule has 73 heavy (non-hydrogen) atoms. The summed E-state index contributed by atoms with van der Waals surface area (Å²) in [6, 6.07) is 7.38. The number of aromatic nitrogens is 3. The van der Waals surface area contributed by atoms with Crippen LogP contribution >= 0.6 is 0 Å². The fraction of sp³-hybridized carbons (Fsp3) is 0.469. The van der Waals surface area contributed by atoms with E-state index in [1.54, 1.807) is 36.5 Å². The molecule has 396 valence electrons. The minimum Gasteiger partial charge on any atom is -0.481 e. The van der Waals surface area contributed by atoms with Gasteiger partial charge in [0.05, 0.1) is 12.9 Å². The van der Waals surface area contributed by atoms with E-state index in [0.29, 0.717) is 49.0 Å². The highest BCUT2D eigenvalue weighted by molar-refractivity contribution is 5.97. The third-order valence-electron chi connectivity index (χ3n) is 11.6. The van der Waals surface area contributed by atoms with Gasteiger partial charge >= 0.3 is 5.97 Å². The maximum Gasteiger partial charge on any atom is 0.303 e. The summed E-state index contributed by atoms with van der Waals surface area (Å²) in [4.78, 5) is 122. The summed E-state index contributed by atoms with van der Waals surface area (Å²) in [7, 11) is 0. The molecule has 7 amide bonds. The molecule has 1 unspecified atom stereocenters. The zero-order valence-electron chi connectivity index (χ0n) is 41.1. The van der Waals surface area contributed by atoms with Gasteiger partial charge in [0.15, 0.2) is 5.96 Å². The molecule has 0 spiro atoms. The molecule has 0 fully saturated rings. The fourth-order valence-electron chi connectivity index (χ4n) is 7.81. The molecular weight excluding hydrogens is 948 g/mol. The lowest BCUT2D eigenvalue weighted by Crippen LogP contribution is -2.60. The van der Waals surface area contributed by atoms with Gasteiger partial charge in [-0.15, -0.1) is 0 Å². The largest absolute Gasteiger partial charge is 0.481 e. The average molecular weight is 1020 g/mol. The molecule has 2 heterocycles. The first-order valence-corrected chi connectivity index (χ1v) is 24.2. The number of halogens is 1. The number of carboxylic acids is 1. The molecule has 7 atom stereocenters. The van der Waals surface area contributed by atoms with Crippen molar-refractivity contribution in [2.75, 3.05) is 19.6 Å². The van der Waals surface area contributed by atoms with E-state index in [4.69, 9.17) is 17.2 Å². The number of imidazole rings is 1. The number of guanidine groups is 1. The van der Waals surface area contributed by atoms with Crippen LogP contribution in [0.2, 0.25) is 0 Å². The number of hydrogen-bond acceptors (Lipinski definition) is 11. The normalized spacial score (nSPS) is 13.9. The van der Waals surface area contributed by atoms with Gasteiger partial charge in [-0.1, -0.05) is 68.3 Å². The van der Waals surface area contributed by atoms with Gasteiger partial charge in [0.2, 0.25) is 41.4 Å². The predicted octanol–water partition coefficient (Wildman–Crippen LogP) is -0.241. The van der Waals surface area contributed by atoms with Crippen molar-refractivity contribution in [3.8, 4) is 0 Å². The lowest BCUT2D eigenvalue weighted by Gasteiger charge is -2.28. The number of fused-ring (bicyclic) bond motifs is 1. The Kier molecular flexibility index (Phi) is 23.8. The molecule has 2 aromatic heterocycles. The first kappa shape index (κ1) is 57.7. The summed E-state index contributed by atoms with van der Waals surface area (Å²) in [6.07, 6.45) is 3.12. The quantitative estimate of drug-likeness (QED) is 0.0171. The number of nitrogens with two attached hydrogens (primary N) is 3. The number of aromatic amines is 2. The summed E-state index contributed by atoms with van der Waals surface area (Å²) >= 11 is 0. The molecule has 0 aliphatic heterocycles. The Labute approximate surface area is 422 Å². The molecule has 2 aromatic carbocycles. The monoisotopic (exact) mass is 1020 g/mol. The van der Waals surface area contributed by atoms with Crippen molar-refractivity contribution in [1.29, 1.82) is 0 Å². The molecule has 23 nitrogen and oxygen atoms in total. The number of para-hydroxylation sites is 1. The van der Waals surface area contributed by atoms with E-state index in [-0.39, 0.29) is 32.2 Å². The predicted molar refractivity (Wildman–Crippen MR) is 270 cm³/mol. The van der Waals surface area contributed by atoms with Crippen molar-refractivity contribution in [3.63, 3.8) is 0 Å². The van der Waals surface area contributed by atoms with E-state index in [1.807, 2.05) is 31.2 Å². The second kappa shape index (κ2) is 30.1. The topological polar surface area (TPSA) is 376 Å². The second-order valence-electron chi connectivity index (χ2n) is 17.6. The summed E-state index contributed by atoms with van der Waals surface area (Å²) in [5.74, 6) is -7.27. The number of alkyl halides is 1. The van der Waals surface area contributed by atoms with Crippen LogP contribution in [0.25, 0.3) is 10.9 Å². The molecule has 0 saturated carbocycles. The number of aliphatic carboxylic acids is 1. The number of unbranched alkanes of at least 4 members (excludes halogenated alkanes) is 2. The second-order valence-corrected chi connectivity index (χ2v) is 17.6. The Morgan fingerprint density at radius 2 is 1.29 bits per heavy atom. The van der Waals surface area contributed by atoms with Crippen LogP contribution in [0.5, 0.6) is 0 Å². The van der Waals surface area contributed by atoms with Gasteiger partial charge in [-0.05, 0) is 49.4 Å². The van der Waals surface area contributed by atoms with E-state index in [2.05, 4.69) is 57.2 Å². The third-order valence-corrected chi connectivity index (χ3v) is 11.6. The molecule has 4 rings (SSSR count). The Bertz CT molecular complexity index is 2470. The number of rotatable bonds is 32. The SMILES string of the molecule is CCCC[C@H](NC(C)=O)C(=O)N[C@@H](CCC(=O)O)C(=O)N[C@@H](Cc1cnc[nH]1)C(=O)N[C@H](Cc1ccccc1)C(=O)N[C@@H](CC(F)CN=C(N)N)C(=O)N[C@@H](Cc1c[nH]c2ccccc12)C(=O)NCCCCN. The first-order chi connectivity index (χ1) is 35.0. The molecule has 0 radical (unpaired) electrons. The number of H-pyrrole nitrogens is 2. The summed E-state index contributed by atoms with van der Waals surface area (Å²) in [5, 5.41) is 28.8. The summed E-state index contributed by atoms with van der Waals surface area (Å²) in [6.45, 7) is 3.18. The number of carboxylic acid groups (broad SMARTS) is 1. The van der Waals surface area contributed by atoms with Crippen LogP contribution < -0.4 is 54.4 Å². The first-order valence-electron chi connectivity index (χ1n) is 24.2. The van der Waals surface area contributed by atoms with Crippen molar-refractivity contribution in [2.45, 2.75) is 127 Å². The Balaban J connectivity index is 1.67. The highest BCUT2D eigenvalue weighted by atomic mass is 19.1. The van der Waals surface area contributed by atoms with Crippen LogP contribution in [-0.4, -0.2) is 135 Å². The van der Waals surface area contributed by atoms with Crippen LogP contribution in [0.15, 0.2) is 78.3 Å². The van der Waals surface area contributed by atoms with Crippen molar-refractivity contribution in [2.24, 2.45) is 22.2 Å². The number of carbonyl (C=O) groups is 8. The van der Waals surface area contributed by atoms with E-state index < -0.39 is 122 Å². The molecule has 4 aromatic rings. The molecule has 0 aliphatic rings. The van der Waals surface area contributed by atoms with Crippen LogP contribution in [0.4, 0.5) is 4.39 Å². The maximum absolute atomic E-state index is 15.8. The number of nitrogens with one attached hydrogen (secondary N) is 9. The summed E-state index contributed by atoms with van der Waals surface area (Å²) < 4.78 is 15.8. The van der Waals surface area contributed by atoms with Gasteiger partial charge in [-0.25, -0.2) is 9.37 Å². The molecule has 0 bridgehead atoms. The molecular formula is C49H69FN14O9. The standard InChI is InChI=1S/C49H69FN14O9/c1-3-4-15-36(59-29(2)65)44(69)60-37(17-18-42(66)67)45(70)64-41(24-33-27-54-28-58-33)48(73)61-38(21-30-12-6-5-7-13-30)46(71)63-40(23-32(50)26-57-49(52)53)47(72)62-39(43(68)55-20-11-10-19-51)22-31-25-56-35-16-9-8-14-34(31)35/h5-9,12-14,16,25,27-28,32,36-41,56H,3-4,10-11,15,17-24,26,51H2,1-2H3,(H,54,58)(H,55,68)(H,59,65)(H,60,69)(H,61,73)(H,62,72)(H,63,71)(H,64,70)(H,66,67)(H4,52,53,57)/t32?,36-,37-,38+,39-,40-,41-/m0/s1. The van der Waals surface area contributed by atoms with Gasteiger partial charge in [-0.3, -0.25) is 43.3 Å². The van der Waals surface area contributed by atoms with Crippen LogP contribution in [0.3, 0.4) is 0 Å². The zero-order chi connectivity index (χ0) is 53.3.